The molecule has 572 valence electrons. The molecule has 0 spiro atoms. The smallest absolute Gasteiger partial charge is 0.407 e. The van der Waals surface area contributed by atoms with Gasteiger partial charge in [-0.05, 0) is 78.0 Å². The predicted octanol–water partition coefficient (Wildman–Crippen LogP) is 7.62. The number of aromatic nitrogens is 4. The van der Waals surface area contributed by atoms with Crippen molar-refractivity contribution in [2.24, 2.45) is 28.2 Å². The largest absolute Gasteiger partial charge is 0.482 e. The van der Waals surface area contributed by atoms with Gasteiger partial charge in [-0.1, -0.05) is 152 Å². The fourth-order valence-corrected chi connectivity index (χ4v) is 11.8. The van der Waals surface area contributed by atoms with E-state index in [-0.39, 0.29) is 154 Å². The number of amides is 4. The minimum atomic E-state index is -0.677. The zero-order chi connectivity index (χ0) is 77.3. The maximum absolute atomic E-state index is 14.3. The molecule has 0 saturated carbocycles. The third-order valence-corrected chi connectivity index (χ3v) is 18.1. The molecule has 0 radical (unpaired) electrons. The van der Waals surface area contributed by atoms with Crippen LogP contribution in [0.25, 0.3) is 0 Å². The van der Waals surface area contributed by atoms with E-state index in [1.807, 2.05) is 152 Å². The number of pyridine rings is 4. The highest BCUT2D eigenvalue weighted by Gasteiger charge is 2.24. The number of alkyl carbamates (subject to hydrolysis) is 1. The monoisotopic (exact) mass is 1490 g/mol. The maximum Gasteiger partial charge on any atom is 0.407 e. The first kappa shape index (κ1) is 81.1. The Bertz CT molecular complexity index is 4220. The van der Waals surface area contributed by atoms with Crippen LogP contribution in [0, 0.1) is 0 Å². The molecular formula is C83H95N11O15. The van der Waals surface area contributed by atoms with E-state index in [1.54, 1.807) is 40.3 Å². The molecule has 26 heteroatoms. The van der Waals surface area contributed by atoms with Crippen LogP contribution in [-0.4, -0.2) is 153 Å². The molecule has 0 aliphatic rings. The summed E-state index contributed by atoms with van der Waals surface area (Å²) in [6.07, 6.45) is 5.96. The third kappa shape index (κ3) is 25.3. The Hall–Kier alpha value is -12.0. The standard InChI is InChI=1S/C83H95N11O15/c1-88-45-35-66(73(79(88)100)105-56-61-22-10-5-11-23-61)70(95)32-20-43-92(50-41-85-77(98)68-37-47-90(3)81(102)75(68)107-58-63-26-14-7-15-27-63)52-54-94(49-40-84-72(97)34-39-87-83(104)109-60-65-30-18-9-19-31-65)55-53-93(44-21-33-71(96)67-36-46-89(2)80(101)74(67)106-57-62-24-12-6-13-25-62)51-42-86-78(99)69-38-48-91(4)82(103)76(69)108-59-64-28-16-8-17-29-64/h5-19,22-31,35-38,45-48H,20-21,32-34,39-44,49-60H2,1-4H3,(H,84,97)(H,85,98)(H,86,99)(H,87,104). The van der Waals surface area contributed by atoms with Crippen LogP contribution in [0.4, 0.5) is 4.79 Å². The van der Waals surface area contributed by atoms with Gasteiger partial charge in [-0.25, -0.2) is 4.79 Å². The molecule has 4 N–H and O–H groups in total. The van der Waals surface area contributed by atoms with Gasteiger partial charge < -0.3 is 73.0 Å². The Morgan fingerprint density at radius 2 is 0.596 bits per heavy atom. The summed E-state index contributed by atoms with van der Waals surface area (Å²) in [5.74, 6) is -2.41. The zero-order valence-electron chi connectivity index (χ0n) is 62.1. The van der Waals surface area contributed by atoms with E-state index in [4.69, 9.17) is 23.7 Å². The summed E-state index contributed by atoms with van der Waals surface area (Å²) in [6, 6.07) is 52.5. The normalized spacial score (nSPS) is 11.1. The average molecular weight is 1490 g/mol. The minimum absolute atomic E-state index is 0.00296. The van der Waals surface area contributed by atoms with Crippen LogP contribution < -0.4 is 62.5 Å². The molecule has 9 rings (SSSR count). The van der Waals surface area contributed by atoms with Crippen molar-refractivity contribution in [3.63, 3.8) is 0 Å². The summed E-state index contributed by atoms with van der Waals surface area (Å²) in [7, 11) is 6.30. The van der Waals surface area contributed by atoms with Crippen molar-refractivity contribution in [3.05, 3.63) is 292 Å². The van der Waals surface area contributed by atoms with Gasteiger partial charge in [0.2, 0.25) is 5.91 Å². The van der Waals surface area contributed by atoms with Gasteiger partial charge in [0.25, 0.3) is 34.1 Å². The van der Waals surface area contributed by atoms with Crippen LogP contribution in [0.15, 0.2) is 220 Å². The first-order valence-corrected chi connectivity index (χ1v) is 36.4. The number of Topliss-reactive ketones (excluding diaryl/α,β-unsaturated/α-hetero) is 2. The molecule has 0 saturated heterocycles. The second kappa shape index (κ2) is 42.4. The highest BCUT2D eigenvalue weighted by molar-refractivity contribution is 5.99. The summed E-state index contributed by atoms with van der Waals surface area (Å²) in [6.45, 7) is 3.48. The van der Waals surface area contributed by atoms with Gasteiger partial charge in [0.1, 0.15) is 33.0 Å². The summed E-state index contributed by atoms with van der Waals surface area (Å²) >= 11 is 0. The Morgan fingerprint density at radius 1 is 0.312 bits per heavy atom. The summed E-state index contributed by atoms with van der Waals surface area (Å²) in [4.78, 5) is 144. The zero-order valence-corrected chi connectivity index (χ0v) is 62.1. The first-order chi connectivity index (χ1) is 52.9. The van der Waals surface area contributed by atoms with Gasteiger partial charge in [0.15, 0.2) is 34.6 Å². The highest BCUT2D eigenvalue weighted by Crippen LogP contribution is 2.22. The number of nitrogens with one attached hydrogen (secondary N) is 4. The highest BCUT2D eigenvalue weighted by atomic mass is 16.5. The van der Waals surface area contributed by atoms with E-state index in [0.29, 0.717) is 58.7 Å². The number of hydrogen-bond donors (Lipinski definition) is 4. The third-order valence-electron chi connectivity index (χ3n) is 18.1. The lowest BCUT2D eigenvalue weighted by Gasteiger charge is -2.30. The Morgan fingerprint density at radius 3 is 0.927 bits per heavy atom. The minimum Gasteiger partial charge on any atom is -0.482 e. The van der Waals surface area contributed by atoms with Crippen LogP contribution in [0.3, 0.4) is 0 Å². The van der Waals surface area contributed by atoms with Crippen LogP contribution >= 0.6 is 0 Å². The summed E-state index contributed by atoms with van der Waals surface area (Å²) in [5.41, 5.74) is 2.45. The van der Waals surface area contributed by atoms with Crippen molar-refractivity contribution in [2.45, 2.75) is 65.1 Å². The number of ether oxygens (including phenoxy) is 5. The summed E-state index contributed by atoms with van der Waals surface area (Å²) < 4.78 is 34.9. The topological polar surface area (TPSA) is 294 Å². The van der Waals surface area contributed by atoms with E-state index in [2.05, 4.69) is 36.0 Å². The number of carbonyl (C=O) groups excluding carboxylic acids is 6. The SMILES string of the molecule is Cn1ccc(C(=O)CCCN(CCNC(=O)c2ccn(C)c(=O)c2OCc2ccccc2)CCN(CCNC(=O)CCNC(=O)OCc2ccccc2)CCN(CCCC(=O)c2ccn(C)c(=O)c2OCc2ccccc2)CCNC(=O)c2ccn(C)c(=O)c2OCc2ccccc2)c(OCc2ccccc2)c1=O. The molecule has 0 unspecified atom stereocenters. The van der Waals surface area contributed by atoms with Gasteiger partial charge in [0.05, 0.1) is 22.3 Å². The lowest BCUT2D eigenvalue weighted by atomic mass is 10.1. The van der Waals surface area contributed by atoms with Crippen molar-refractivity contribution in [1.29, 1.82) is 0 Å². The van der Waals surface area contributed by atoms with Gasteiger partial charge in [-0.3, -0.25) is 48.1 Å². The van der Waals surface area contributed by atoms with Crippen LogP contribution in [0.5, 0.6) is 23.0 Å². The molecular weight excluding hydrogens is 1390 g/mol. The van der Waals surface area contributed by atoms with Crippen molar-refractivity contribution < 1.29 is 52.5 Å². The molecule has 0 fully saturated rings. The quantitative estimate of drug-likeness (QED) is 0.0267. The number of rotatable bonds is 44. The number of hydrogen-bond acceptors (Lipinski definition) is 18. The van der Waals surface area contributed by atoms with E-state index < -0.39 is 40.1 Å². The van der Waals surface area contributed by atoms with E-state index in [9.17, 15) is 47.9 Å². The number of benzene rings is 5. The Balaban J connectivity index is 0.947. The number of ketones is 2. The Kier molecular flexibility index (Phi) is 31.5. The van der Waals surface area contributed by atoms with Gasteiger partial charge in [0, 0.05) is 144 Å². The molecule has 109 heavy (non-hydrogen) atoms. The molecule has 5 aromatic carbocycles. The number of nitrogens with zero attached hydrogens (tertiary/aromatic N) is 7. The molecule has 4 amide bonds. The molecule has 0 atom stereocenters. The molecule has 9 aromatic rings. The van der Waals surface area contributed by atoms with Gasteiger partial charge in [-0.2, -0.15) is 0 Å². The maximum atomic E-state index is 14.3. The lowest BCUT2D eigenvalue weighted by Crippen LogP contribution is -2.45. The second-order valence-electron chi connectivity index (χ2n) is 26.2. The van der Waals surface area contributed by atoms with Crippen molar-refractivity contribution in [1.82, 2.24) is 54.2 Å². The molecule has 0 bridgehead atoms. The van der Waals surface area contributed by atoms with E-state index >= 15 is 0 Å². The lowest BCUT2D eigenvalue weighted by molar-refractivity contribution is -0.121. The van der Waals surface area contributed by atoms with Gasteiger partial charge >= 0.3 is 6.09 Å². The predicted molar refractivity (Wildman–Crippen MR) is 413 cm³/mol. The number of carbonyl (C=O) groups is 6. The summed E-state index contributed by atoms with van der Waals surface area (Å²) in [5, 5.41) is 11.6. The molecule has 0 aliphatic carbocycles. The molecule has 4 aromatic heterocycles. The molecule has 0 aliphatic heterocycles. The van der Waals surface area contributed by atoms with E-state index in [0.717, 1.165) is 27.8 Å². The fourth-order valence-electron chi connectivity index (χ4n) is 11.8. The van der Waals surface area contributed by atoms with Crippen molar-refractivity contribution >= 4 is 35.4 Å². The Labute approximate surface area is 632 Å². The van der Waals surface area contributed by atoms with Gasteiger partial charge in [-0.15, -0.1) is 0 Å². The number of aryl methyl sites for hydroxylation is 4. The van der Waals surface area contributed by atoms with Crippen molar-refractivity contribution in [2.75, 3.05) is 85.1 Å². The second-order valence-corrected chi connectivity index (χ2v) is 26.2. The van der Waals surface area contributed by atoms with E-state index in [1.165, 1.54) is 55.2 Å². The van der Waals surface area contributed by atoms with Crippen LogP contribution in [0.1, 0.15) is 101 Å². The van der Waals surface area contributed by atoms with Crippen LogP contribution in [-0.2, 0) is 70.8 Å². The molecule has 4 heterocycles. The van der Waals surface area contributed by atoms with Crippen molar-refractivity contribution in [3.8, 4) is 23.0 Å². The average Bonchev–Trinajstić information content (AvgIpc) is 0.836. The van der Waals surface area contributed by atoms with Crippen LogP contribution in [0.2, 0.25) is 0 Å². The fraction of sp³-hybridized carbons (Fsp3) is 0.325. The first-order valence-electron chi connectivity index (χ1n) is 36.4. The molecule has 26 nitrogen and oxygen atoms in total.